The summed E-state index contributed by atoms with van der Waals surface area (Å²) < 4.78 is 11.9. The molecule has 1 rings (SSSR count). The molecule has 1 aromatic heterocycles. The summed E-state index contributed by atoms with van der Waals surface area (Å²) in [5, 5.41) is 3.28. The van der Waals surface area contributed by atoms with E-state index < -0.39 is 0 Å². The van der Waals surface area contributed by atoms with E-state index >= 15 is 0 Å². The Morgan fingerprint density at radius 3 is 2.81 bits per heavy atom. The highest BCUT2D eigenvalue weighted by Crippen LogP contribution is 2.09. The van der Waals surface area contributed by atoms with E-state index in [-0.39, 0.29) is 0 Å². The molecule has 0 fully saturated rings. The highest BCUT2D eigenvalue weighted by atomic mass is 127. The molecule has 0 amide bonds. The summed E-state index contributed by atoms with van der Waals surface area (Å²) in [5.74, 6) is 1.70. The first-order chi connectivity index (χ1) is 7.68. The molecule has 0 atom stereocenters. The highest BCUT2D eigenvalue weighted by molar-refractivity contribution is 14.1. The third kappa shape index (κ3) is 6.50. The summed E-state index contributed by atoms with van der Waals surface area (Å²) in [4.78, 5) is 0. The molecule has 0 aliphatic heterocycles. The van der Waals surface area contributed by atoms with Crippen molar-refractivity contribution in [3.05, 3.63) is 21.7 Å². The molecule has 0 spiro atoms. The third-order valence-corrected chi connectivity index (χ3v) is 2.77. The molecule has 0 unspecified atom stereocenters. The normalized spacial score (nSPS) is 11.2. The van der Waals surface area contributed by atoms with Gasteiger partial charge in [0, 0.05) is 13.2 Å². The maximum atomic E-state index is 5.49. The fourth-order valence-corrected chi connectivity index (χ4v) is 1.69. The van der Waals surface area contributed by atoms with E-state index in [1.807, 2.05) is 12.1 Å². The topological polar surface area (TPSA) is 34.4 Å². The first-order valence-electron chi connectivity index (χ1n) is 5.71. The zero-order valence-electron chi connectivity index (χ0n) is 9.96. The Balaban J connectivity index is 1.92. The fraction of sp³-hybridized carbons (Fsp3) is 0.667. The molecule has 1 N–H and O–H groups in total. The Kier molecular flexibility index (Phi) is 7.07. The predicted molar refractivity (Wildman–Crippen MR) is 73.4 cm³/mol. The van der Waals surface area contributed by atoms with Crippen molar-refractivity contribution in [2.75, 3.05) is 19.8 Å². The van der Waals surface area contributed by atoms with E-state index in [0.29, 0.717) is 0 Å². The van der Waals surface area contributed by atoms with Crippen molar-refractivity contribution < 1.29 is 9.15 Å². The Morgan fingerprint density at radius 1 is 1.38 bits per heavy atom. The quantitative estimate of drug-likeness (QED) is 0.585. The molecule has 0 aliphatic rings. The summed E-state index contributed by atoms with van der Waals surface area (Å²) >= 11 is 2.17. The van der Waals surface area contributed by atoms with Gasteiger partial charge in [-0.05, 0) is 47.1 Å². The Bertz CT molecular complexity index is 286. The Hall–Kier alpha value is -0.0700. The molecule has 92 valence electrons. The van der Waals surface area contributed by atoms with Crippen LogP contribution in [0.5, 0.6) is 0 Å². The molecule has 0 saturated carbocycles. The molecule has 0 aliphatic carbocycles. The number of nitrogens with one attached hydrogen (secondary N) is 1. The van der Waals surface area contributed by atoms with Crippen molar-refractivity contribution >= 4 is 22.6 Å². The van der Waals surface area contributed by atoms with E-state index in [2.05, 4.69) is 41.8 Å². The van der Waals surface area contributed by atoms with E-state index in [9.17, 15) is 0 Å². The zero-order valence-corrected chi connectivity index (χ0v) is 12.1. The summed E-state index contributed by atoms with van der Waals surface area (Å²) in [6, 6.07) is 3.96. The summed E-state index contributed by atoms with van der Waals surface area (Å²) in [6.45, 7) is 7.69. The van der Waals surface area contributed by atoms with Gasteiger partial charge in [0.25, 0.3) is 0 Å². The van der Waals surface area contributed by atoms with Gasteiger partial charge in [-0.1, -0.05) is 13.8 Å². The molecule has 16 heavy (non-hydrogen) atoms. The van der Waals surface area contributed by atoms with Gasteiger partial charge < -0.3 is 14.5 Å². The lowest BCUT2D eigenvalue weighted by Gasteiger charge is -2.06. The van der Waals surface area contributed by atoms with Crippen LogP contribution in [-0.2, 0) is 11.3 Å². The number of hydrogen-bond acceptors (Lipinski definition) is 3. The number of halogens is 1. The van der Waals surface area contributed by atoms with Crippen molar-refractivity contribution in [3.8, 4) is 0 Å². The van der Waals surface area contributed by atoms with Crippen LogP contribution < -0.4 is 5.32 Å². The molecule has 0 saturated heterocycles. The first-order valence-corrected chi connectivity index (χ1v) is 6.79. The summed E-state index contributed by atoms with van der Waals surface area (Å²) in [5.41, 5.74) is 0. The molecular formula is C12H20INO2. The van der Waals surface area contributed by atoms with Crippen LogP contribution in [0.3, 0.4) is 0 Å². The summed E-state index contributed by atoms with van der Waals surface area (Å²) in [7, 11) is 0. The van der Waals surface area contributed by atoms with Gasteiger partial charge in [-0.2, -0.15) is 0 Å². The summed E-state index contributed by atoms with van der Waals surface area (Å²) in [6.07, 6.45) is 1.14. The molecule has 0 bridgehead atoms. The van der Waals surface area contributed by atoms with Crippen LogP contribution in [-0.4, -0.2) is 19.8 Å². The second-order valence-corrected chi connectivity index (χ2v) is 5.24. The van der Waals surface area contributed by atoms with Crippen molar-refractivity contribution in [1.82, 2.24) is 5.32 Å². The maximum Gasteiger partial charge on any atom is 0.164 e. The molecule has 0 aromatic carbocycles. The van der Waals surface area contributed by atoms with Crippen molar-refractivity contribution in [2.45, 2.75) is 26.8 Å². The molecule has 1 aromatic rings. The zero-order chi connectivity index (χ0) is 11.8. The minimum atomic E-state index is 0.721. The largest absolute Gasteiger partial charge is 0.454 e. The molecule has 0 radical (unpaired) electrons. The van der Waals surface area contributed by atoms with Gasteiger partial charge in [-0.25, -0.2) is 0 Å². The molecule has 3 nitrogen and oxygen atoms in total. The van der Waals surface area contributed by atoms with Crippen LogP contribution >= 0.6 is 22.6 Å². The van der Waals surface area contributed by atoms with Crippen LogP contribution in [0.1, 0.15) is 26.0 Å². The lowest BCUT2D eigenvalue weighted by molar-refractivity contribution is 0.125. The van der Waals surface area contributed by atoms with E-state index in [1.165, 1.54) is 0 Å². The van der Waals surface area contributed by atoms with Gasteiger partial charge >= 0.3 is 0 Å². The van der Waals surface area contributed by atoms with Crippen molar-refractivity contribution in [3.63, 3.8) is 0 Å². The fourth-order valence-electron chi connectivity index (χ4n) is 1.22. The first kappa shape index (κ1) is 14.0. The van der Waals surface area contributed by atoms with Crippen molar-refractivity contribution in [1.29, 1.82) is 0 Å². The van der Waals surface area contributed by atoms with Crippen molar-refractivity contribution in [2.24, 2.45) is 5.92 Å². The smallest absolute Gasteiger partial charge is 0.164 e. The van der Waals surface area contributed by atoms with Gasteiger partial charge in [0.05, 0.1) is 13.2 Å². The third-order valence-electron chi connectivity index (χ3n) is 2.19. The monoisotopic (exact) mass is 337 g/mol. The van der Waals surface area contributed by atoms with Crippen LogP contribution in [0.25, 0.3) is 0 Å². The molecule has 4 heteroatoms. The molecular weight excluding hydrogens is 317 g/mol. The van der Waals surface area contributed by atoms with Gasteiger partial charge in [0.15, 0.2) is 3.77 Å². The second kappa shape index (κ2) is 8.08. The lowest BCUT2D eigenvalue weighted by atomic mass is 10.1. The number of furan rings is 1. The van der Waals surface area contributed by atoms with Crippen LogP contribution in [0.2, 0.25) is 0 Å². The minimum absolute atomic E-state index is 0.721. The predicted octanol–water partition coefficient (Wildman–Crippen LogP) is 3.04. The Labute approximate surface area is 111 Å². The van der Waals surface area contributed by atoms with E-state index in [1.54, 1.807) is 0 Å². The van der Waals surface area contributed by atoms with Gasteiger partial charge in [-0.3, -0.25) is 0 Å². The minimum Gasteiger partial charge on any atom is -0.454 e. The number of rotatable bonds is 8. The van der Waals surface area contributed by atoms with E-state index in [4.69, 9.17) is 9.15 Å². The Morgan fingerprint density at radius 2 is 2.19 bits per heavy atom. The molecule has 1 heterocycles. The second-order valence-electron chi connectivity index (χ2n) is 4.18. The van der Waals surface area contributed by atoms with Crippen LogP contribution in [0.4, 0.5) is 0 Å². The van der Waals surface area contributed by atoms with Crippen LogP contribution in [0, 0.1) is 9.68 Å². The SMILES string of the molecule is CC(C)CCOCCNCc1ccc(I)o1. The van der Waals surface area contributed by atoms with Gasteiger partial charge in [0.1, 0.15) is 5.76 Å². The van der Waals surface area contributed by atoms with Gasteiger partial charge in [0.2, 0.25) is 0 Å². The average molecular weight is 337 g/mol. The standard InChI is InChI=1S/C12H20INO2/c1-10(2)5-7-15-8-6-14-9-11-3-4-12(13)16-11/h3-4,10,14H,5-9H2,1-2H3. The van der Waals surface area contributed by atoms with Crippen LogP contribution in [0.15, 0.2) is 16.5 Å². The number of ether oxygens (including phenoxy) is 1. The highest BCUT2D eigenvalue weighted by Gasteiger charge is 1.98. The van der Waals surface area contributed by atoms with Gasteiger partial charge in [-0.15, -0.1) is 0 Å². The maximum absolute atomic E-state index is 5.49. The average Bonchev–Trinajstić information content (AvgIpc) is 2.62. The lowest BCUT2D eigenvalue weighted by Crippen LogP contribution is -2.19. The number of hydrogen-bond donors (Lipinski definition) is 1. The van der Waals surface area contributed by atoms with E-state index in [0.717, 1.165) is 48.2 Å².